The Morgan fingerprint density at radius 1 is 0.875 bits per heavy atom. The largest absolute Gasteiger partial charge is 0.379 e. The predicted octanol–water partition coefficient (Wildman–Crippen LogP) is 1.43. The highest BCUT2D eigenvalue weighted by atomic mass is 16.5. The molecule has 0 rings (SSSR count). The van der Waals surface area contributed by atoms with Crippen LogP contribution < -0.4 is 5.73 Å². The Hall–Kier alpha value is -0.160. The minimum absolute atomic E-state index is 0.0896. The van der Waals surface area contributed by atoms with Gasteiger partial charge in [0.1, 0.15) is 0 Å². The summed E-state index contributed by atoms with van der Waals surface area (Å²) in [5, 5.41) is 0. The van der Waals surface area contributed by atoms with Crippen molar-refractivity contribution >= 4 is 0 Å². The van der Waals surface area contributed by atoms with Gasteiger partial charge in [0, 0.05) is 12.6 Å². The molecule has 0 aromatic rings. The fraction of sp³-hybridized carbons (Fsp3) is 1.00. The van der Waals surface area contributed by atoms with Gasteiger partial charge in [0.25, 0.3) is 0 Å². The van der Waals surface area contributed by atoms with Crippen molar-refractivity contribution in [2.24, 2.45) is 11.7 Å². The van der Waals surface area contributed by atoms with Crippen LogP contribution in [0.25, 0.3) is 0 Å². The van der Waals surface area contributed by atoms with E-state index in [4.69, 9.17) is 19.9 Å². The fourth-order valence-corrected chi connectivity index (χ4v) is 1.10. The van der Waals surface area contributed by atoms with Crippen molar-refractivity contribution < 1.29 is 14.2 Å². The summed E-state index contributed by atoms with van der Waals surface area (Å²) < 4.78 is 16.3. The number of hydrogen-bond acceptors (Lipinski definition) is 4. The molecule has 2 atom stereocenters. The molecule has 2 unspecified atom stereocenters. The Morgan fingerprint density at radius 3 is 2.12 bits per heavy atom. The average molecular weight is 233 g/mol. The second-order valence-electron chi connectivity index (χ2n) is 4.66. The molecule has 0 radical (unpaired) electrons. The summed E-state index contributed by atoms with van der Waals surface area (Å²) in [6.07, 6.45) is 0.123. The van der Waals surface area contributed by atoms with Crippen molar-refractivity contribution in [2.75, 3.05) is 33.0 Å². The van der Waals surface area contributed by atoms with Gasteiger partial charge in [0.2, 0.25) is 0 Å². The van der Waals surface area contributed by atoms with Crippen LogP contribution in [0.4, 0.5) is 0 Å². The molecule has 0 spiro atoms. The first kappa shape index (κ1) is 15.8. The van der Waals surface area contributed by atoms with Crippen molar-refractivity contribution in [3.63, 3.8) is 0 Å². The molecule has 2 N–H and O–H groups in total. The zero-order valence-electron chi connectivity index (χ0n) is 11.1. The van der Waals surface area contributed by atoms with Crippen molar-refractivity contribution in [3.8, 4) is 0 Å². The molecule has 0 fully saturated rings. The lowest BCUT2D eigenvalue weighted by atomic mass is 10.2. The maximum absolute atomic E-state index is 5.54. The van der Waals surface area contributed by atoms with Crippen LogP contribution in [0.15, 0.2) is 0 Å². The van der Waals surface area contributed by atoms with Gasteiger partial charge in [-0.2, -0.15) is 0 Å². The van der Waals surface area contributed by atoms with Gasteiger partial charge in [0.15, 0.2) is 0 Å². The number of nitrogens with two attached hydrogens (primary N) is 1. The van der Waals surface area contributed by atoms with Gasteiger partial charge in [-0.05, 0) is 19.8 Å². The van der Waals surface area contributed by atoms with E-state index in [0.29, 0.717) is 32.3 Å². The third-order valence-corrected chi connectivity index (χ3v) is 1.81. The molecule has 0 aromatic carbocycles. The quantitative estimate of drug-likeness (QED) is 0.580. The van der Waals surface area contributed by atoms with E-state index in [1.807, 2.05) is 13.8 Å². The number of rotatable bonds is 10. The molecule has 0 heterocycles. The topological polar surface area (TPSA) is 53.7 Å². The lowest BCUT2D eigenvalue weighted by Gasteiger charge is -2.14. The summed E-state index contributed by atoms with van der Waals surface area (Å²) in [5.74, 6) is 0.571. The summed E-state index contributed by atoms with van der Waals surface area (Å²) in [4.78, 5) is 0. The van der Waals surface area contributed by atoms with Crippen molar-refractivity contribution in [2.45, 2.75) is 39.8 Å². The Bertz CT molecular complexity index is 151. The Balaban J connectivity index is 3.20. The van der Waals surface area contributed by atoms with Crippen molar-refractivity contribution in [3.05, 3.63) is 0 Å². The second-order valence-corrected chi connectivity index (χ2v) is 4.66. The molecule has 98 valence electrons. The van der Waals surface area contributed by atoms with Crippen LogP contribution >= 0.6 is 0 Å². The molecule has 0 saturated carbocycles. The first-order valence-electron chi connectivity index (χ1n) is 6.05. The van der Waals surface area contributed by atoms with Gasteiger partial charge < -0.3 is 19.9 Å². The highest BCUT2D eigenvalue weighted by molar-refractivity contribution is 4.50. The first-order valence-corrected chi connectivity index (χ1v) is 6.05. The third-order valence-electron chi connectivity index (χ3n) is 1.81. The summed E-state index contributed by atoms with van der Waals surface area (Å²) in [7, 11) is 0. The SMILES string of the molecule is CC(C)COCC(C)OCCOCC(C)N. The van der Waals surface area contributed by atoms with Crippen LogP contribution in [0.2, 0.25) is 0 Å². The predicted molar refractivity (Wildman–Crippen MR) is 65.5 cm³/mol. The van der Waals surface area contributed by atoms with Gasteiger partial charge in [-0.15, -0.1) is 0 Å². The molecule has 0 aromatic heterocycles. The molecule has 4 nitrogen and oxygen atoms in total. The monoisotopic (exact) mass is 233 g/mol. The lowest BCUT2D eigenvalue weighted by molar-refractivity contribution is -0.0345. The van der Waals surface area contributed by atoms with E-state index in [1.165, 1.54) is 0 Å². The van der Waals surface area contributed by atoms with E-state index >= 15 is 0 Å². The molecule has 0 saturated heterocycles. The highest BCUT2D eigenvalue weighted by Gasteiger charge is 2.03. The van der Waals surface area contributed by atoms with E-state index < -0.39 is 0 Å². The van der Waals surface area contributed by atoms with E-state index in [1.54, 1.807) is 0 Å². The fourth-order valence-electron chi connectivity index (χ4n) is 1.10. The van der Waals surface area contributed by atoms with Crippen LogP contribution in [0.1, 0.15) is 27.7 Å². The highest BCUT2D eigenvalue weighted by Crippen LogP contribution is 1.96. The zero-order chi connectivity index (χ0) is 12.4. The second kappa shape index (κ2) is 10.0. The third kappa shape index (κ3) is 11.9. The molecular formula is C12H27NO3. The molecular weight excluding hydrogens is 206 g/mol. The van der Waals surface area contributed by atoms with Gasteiger partial charge in [-0.1, -0.05) is 13.8 Å². The Kier molecular flexibility index (Phi) is 9.92. The molecule has 16 heavy (non-hydrogen) atoms. The van der Waals surface area contributed by atoms with Gasteiger partial charge in [0.05, 0.1) is 32.5 Å². The van der Waals surface area contributed by atoms with Crippen LogP contribution in [-0.2, 0) is 14.2 Å². The minimum Gasteiger partial charge on any atom is -0.379 e. The zero-order valence-corrected chi connectivity index (χ0v) is 11.1. The standard InChI is InChI=1S/C12H27NO3/c1-10(2)7-15-9-12(4)16-6-5-14-8-11(3)13/h10-12H,5-9,13H2,1-4H3. The normalized spacial score (nSPS) is 15.4. The summed E-state index contributed by atoms with van der Waals surface area (Å²) >= 11 is 0. The van der Waals surface area contributed by atoms with Crippen LogP contribution in [0, 0.1) is 5.92 Å². The van der Waals surface area contributed by atoms with Gasteiger partial charge in [-0.3, -0.25) is 0 Å². The van der Waals surface area contributed by atoms with E-state index in [9.17, 15) is 0 Å². The lowest BCUT2D eigenvalue weighted by Crippen LogP contribution is -2.24. The summed E-state index contributed by atoms with van der Waals surface area (Å²) in [5.41, 5.74) is 5.54. The minimum atomic E-state index is 0.0896. The van der Waals surface area contributed by atoms with Crippen LogP contribution in [-0.4, -0.2) is 45.2 Å². The first-order chi connectivity index (χ1) is 7.52. The Morgan fingerprint density at radius 2 is 1.56 bits per heavy atom. The summed E-state index contributed by atoms with van der Waals surface area (Å²) in [6.45, 7) is 11.4. The van der Waals surface area contributed by atoms with Crippen LogP contribution in [0.3, 0.4) is 0 Å². The molecule has 4 heteroatoms. The van der Waals surface area contributed by atoms with E-state index in [0.717, 1.165) is 6.61 Å². The molecule has 0 amide bonds. The van der Waals surface area contributed by atoms with E-state index in [2.05, 4.69) is 13.8 Å². The summed E-state index contributed by atoms with van der Waals surface area (Å²) in [6, 6.07) is 0.0896. The maximum atomic E-state index is 5.54. The van der Waals surface area contributed by atoms with E-state index in [-0.39, 0.29) is 12.1 Å². The molecule has 0 bridgehead atoms. The van der Waals surface area contributed by atoms with Crippen molar-refractivity contribution in [1.82, 2.24) is 0 Å². The smallest absolute Gasteiger partial charge is 0.0781 e. The molecule has 0 aliphatic carbocycles. The number of ether oxygens (including phenoxy) is 3. The Labute approximate surface area is 99.4 Å². The average Bonchev–Trinajstić information content (AvgIpc) is 2.16. The maximum Gasteiger partial charge on any atom is 0.0781 e. The molecule has 0 aliphatic rings. The van der Waals surface area contributed by atoms with Gasteiger partial charge in [-0.25, -0.2) is 0 Å². The van der Waals surface area contributed by atoms with Crippen molar-refractivity contribution in [1.29, 1.82) is 0 Å². The molecule has 0 aliphatic heterocycles. The number of hydrogen-bond donors (Lipinski definition) is 1. The van der Waals surface area contributed by atoms with Crippen LogP contribution in [0.5, 0.6) is 0 Å². The van der Waals surface area contributed by atoms with Gasteiger partial charge >= 0.3 is 0 Å².